The second-order valence-electron chi connectivity index (χ2n) is 5.87. The van der Waals surface area contributed by atoms with Gasteiger partial charge in [0.25, 0.3) is 0 Å². The number of carbonyl (C=O) groups is 3. The molecule has 2 amide bonds. The van der Waals surface area contributed by atoms with Crippen LogP contribution in [0.3, 0.4) is 0 Å². The van der Waals surface area contributed by atoms with E-state index < -0.39 is 12.0 Å². The summed E-state index contributed by atoms with van der Waals surface area (Å²) in [6.45, 7) is 3.46. The van der Waals surface area contributed by atoms with Crippen molar-refractivity contribution in [1.29, 1.82) is 0 Å². The molecule has 0 radical (unpaired) electrons. The molecule has 6 heteroatoms. The topological polar surface area (TPSA) is 86.7 Å². The second-order valence-corrected chi connectivity index (χ2v) is 5.87. The van der Waals surface area contributed by atoms with E-state index in [1.807, 2.05) is 0 Å². The van der Waals surface area contributed by atoms with E-state index in [1.165, 1.54) is 31.6 Å². The first-order valence-electron chi connectivity index (χ1n) is 7.19. The van der Waals surface area contributed by atoms with Crippen LogP contribution in [0.15, 0.2) is 0 Å². The molecule has 2 fully saturated rings. The lowest BCUT2D eigenvalue weighted by molar-refractivity contribution is -0.150. The Balaban J connectivity index is 1.92. The summed E-state index contributed by atoms with van der Waals surface area (Å²) in [6, 6.07) is -0.850. The molecule has 112 valence electrons. The lowest BCUT2D eigenvalue weighted by Gasteiger charge is -2.27. The van der Waals surface area contributed by atoms with Crippen molar-refractivity contribution in [3.05, 3.63) is 0 Å². The summed E-state index contributed by atoms with van der Waals surface area (Å²) in [6.07, 6.45) is 3.30. The molecule has 0 bridgehead atoms. The maximum atomic E-state index is 12.4. The number of carboxylic acid groups (broad SMARTS) is 1. The summed E-state index contributed by atoms with van der Waals surface area (Å²) in [7, 11) is 0. The fourth-order valence-corrected chi connectivity index (χ4v) is 2.74. The highest BCUT2D eigenvalue weighted by atomic mass is 16.4. The first-order chi connectivity index (χ1) is 9.41. The molecule has 6 nitrogen and oxygen atoms in total. The molecule has 2 N–H and O–H groups in total. The highest BCUT2D eigenvalue weighted by molar-refractivity contribution is 5.86. The molecule has 2 rings (SSSR count). The van der Waals surface area contributed by atoms with Gasteiger partial charge in [-0.15, -0.1) is 0 Å². The van der Waals surface area contributed by atoms with Gasteiger partial charge in [-0.3, -0.25) is 9.59 Å². The summed E-state index contributed by atoms with van der Waals surface area (Å²) < 4.78 is 0. The number of rotatable bonds is 7. The van der Waals surface area contributed by atoms with Crippen molar-refractivity contribution < 1.29 is 19.5 Å². The molecule has 0 spiro atoms. The van der Waals surface area contributed by atoms with E-state index in [-0.39, 0.29) is 24.3 Å². The predicted molar refractivity (Wildman–Crippen MR) is 71.8 cm³/mol. The van der Waals surface area contributed by atoms with Crippen molar-refractivity contribution in [2.45, 2.75) is 39.2 Å². The molecule has 2 saturated carbocycles. The molecule has 2 aliphatic rings. The third-order valence-electron chi connectivity index (χ3n) is 4.22. The largest absolute Gasteiger partial charge is 0.480 e. The lowest BCUT2D eigenvalue weighted by atomic mass is 10.1. The van der Waals surface area contributed by atoms with Gasteiger partial charge in [0.05, 0.1) is 0 Å². The summed E-state index contributed by atoms with van der Waals surface area (Å²) in [4.78, 5) is 35.8. The molecule has 0 aromatic heterocycles. The maximum absolute atomic E-state index is 12.4. The molecule has 20 heavy (non-hydrogen) atoms. The van der Waals surface area contributed by atoms with Crippen molar-refractivity contribution in [1.82, 2.24) is 10.2 Å². The fourth-order valence-electron chi connectivity index (χ4n) is 2.74. The van der Waals surface area contributed by atoms with Crippen molar-refractivity contribution in [2.75, 3.05) is 13.1 Å². The average molecular weight is 282 g/mol. The van der Waals surface area contributed by atoms with E-state index in [0.717, 1.165) is 6.42 Å². The van der Waals surface area contributed by atoms with Gasteiger partial charge in [-0.2, -0.15) is 0 Å². The van der Waals surface area contributed by atoms with Crippen molar-refractivity contribution in [2.24, 2.45) is 17.8 Å². The standard InChI is InChI=1S/C14H22N2O4/c1-8(14(19)20)16(6-5-15-9(2)17)13(18)12-7-11(12)10-3-4-10/h8,10-12H,3-7H2,1-2H3,(H,15,17)(H,19,20). The van der Waals surface area contributed by atoms with Crippen LogP contribution in [0.4, 0.5) is 0 Å². The van der Waals surface area contributed by atoms with Gasteiger partial charge < -0.3 is 15.3 Å². The highest BCUT2D eigenvalue weighted by Crippen LogP contribution is 2.54. The van der Waals surface area contributed by atoms with Gasteiger partial charge in [0.15, 0.2) is 0 Å². The van der Waals surface area contributed by atoms with Crippen LogP contribution in [-0.4, -0.2) is 46.9 Å². The molecule has 3 atom stereocenters. The van der Waals surface area contributed by atoms with Crippen molar-refractivity contribution in [3.63, 3.8) is 0 Å². The van der Waals surface area contributed by atoms with Gasteiger partial charge in [-0.25, -0.2) is 4.79 Å². The molecular formula is C14H22N2O4. The van der Waals surface area contributed by atoms with E-state index in [0.29, 0.717) is 18.4 Å². The van der Waals surface area contributed by atoms with Gasteiger partial charge in [-0.1, -0.05) is 0 Å². The Morgan fingerprint density at radius 1 is 1.35 bits per heavy atom. The Morgan fingerprint density at radius 2 is 2.00 bits per heavy atom. The normalized spacial score (nSPS) is 25.7. The van der Waals surface area contributed by atoms with Crippen LogP contribution in [0.5, 0.6) is 0 Å². The molecule has 3 unspecified atom stereocenters. The first kappa shape index (κ1) is 14.8. The Bertz CT molecular complexity index is 419. The molecule has 2 aliphatic carbocycles. The Kier molecular flexibility index (Phi) is 4.30. The monoisotopic (exact) mass is 282 g/mol. The summed E-state index contributed by atoms with van der Waals surface area (Å²) >= 11 is 0. The van der Waals surface area contributed by atoms with Crippen molar-refractivity contribution in [3.8, 4) is 0 Å². The quantitative estimate of drug-likeness (QED) is 0.710. The van der Waals surface area contributed by atoms with Crippen molar-refractivity contribution >= 4 is 17.8 Å². The number of carbonyl (C=O) groups excluding carboxylic acids is 2. The number of hydrogen-bond donors (Lipinski definition) is 2. The van der Waals surface area contributed by atoms with Crippen LogP contribution in [0, 0.1) is 17.8 Å². The summed E-state index contributed by atoms with van der Waals surface area (Å²) in [5.74, 6) is -0.107. The van der Waals surface area contributed by atoms with Gasteiger partial charge >= 0.3 is 5.97 Å². The number of carboxylic acids is 1. The van der Waals surface area contributed by atoms with E-state index in [1.54, 1.807) is 0 Å². The van der Waals surface area contributed by atoms with Gasteiger partial charge in [-0.05, 0) is 38.0 Å². The minimum Gasteiger partial charge on any atom is -0.480 e. The number of nitrogens with zero attached hydrogens (tertiary/aromatic N) is 1. The smallest absolute Gasteiger partial charge is 0.326 e. The molecular weight excluding hydrogens is 260 g/mol. The average Bonchev–Trinajstić information content (AvgIpc) is 3.24. The van der Waals surface area contributed by atoms with Gasteiger partial charge in [0, 0.05) is 25.9 Å². The fraction of sp³-hybridized carbons (Fsp3) is 0.786. The Labute approximate surface area is 118 Å². The van der Waals surface area contributed by atoms with Gasteiger partial charge in [0.1, 0.15) is 6.04 Å². The zero-order valence-corrected chi connectivity index (χ0v) is 12.0. The third kappa shape index (κ3) is 3.49. The third-order valence-corrected chi connectivity index (χ3v) is 4.22. The minimum atomic E-state index is -1.01. The summed E-state index contributed by atoms with van der Waals surface area (Å²) in [5.41, 5.74) is 0. The predicted octanol–water partition coefficient (Wildman–Crippen LogP) is 0.470. The summed E-state index contributed by atoms with van der Waals surface area (Å²) in [5, 5.41) is 11.7. The Morgan fingerprint density at radius 3 is 2.50 bits per heavy atom. The van der Waals surface area contributed by atoms with Crippen LogP contribution < -0.4 is 5.32 Å². The number of nitrogens with one attached hydrogen (secondary N) is 1. The zero-order valence-electron chi connectivity index (χ0n) is 12.0. The highest BCUT2D eigenvalue weighted by Gasteiger charge is 2.52. The number of amides is 2. The van der Waals surface area contributed by atoms with Gasteiger partial charge in [0.2, 0.25) is 11.8 Å². The van der Waals surface area contributed by atoms with E-state index in [2.05, 4.69) is 5.32 Å². The van der Waals surface area contributed by atoms with E-state index >= 15 is 0 Å². The molecule has 0 saturated heterocycles. The molecule has 0 aliphatic heterocycles. The van der Waals surface area contributed by atoms with E-state index in [4.69, 9.17) is 5.11 Å². The SMILES string of the molecule is CC(=O)NCCN(C(=O)C1CC1C1CC1)C(C)C(=O)O. The lowest BCUT2D eigenvalue weighted by Crippen LogP contribution is -2.47. The first-order valence-corrected chi connectivity index (χ1v) is 7.19. The molecule has 0 heterocycles. The van der Waals surface area contributed by atoms with Crippen LogP contribution in [0.2, 0.25) is 0 Å². The van der Waals surface area contributed by atoms with E-state index in [9.17, 15) is 14.4 Å². The van der Waals surface area contributed by atoms with Crippen LogP contribution in [0.25, 0.3) is 0 Å². The minimum absolute atomic E-state index is 0.00151. The van der Waals surface area contributed by atoms with Crippen LogP contribution >= 0.6 is 0 Å². The maximum Gasteiger partial charge on any atom is 0.326 e. The zero-order chi connectivity index (χ0) is 14.9. The van der Waals surface area contributed by atoms with Crippen LogP contribution in [-0.2, 0) is 14.4 Å². The molecule has 0 aromatic rings. The second kappa shape index (κ2) is 5.81. The molecule has 0 aromatic carbocycles. The van der Waals surface area contributed by atoms with Crippen LogP contribution in [0.1, 0.15) is 33.1 Å². The number of hydrogen-bond acceptors (Lipinski definition) is 3. The number of aliphatic carboxylic acids is 1. The Hall–Kier alpha value is -1.59.